The Kier molecular flexibility index (Phi) is 3.64. The highest BCUT2D eigenvalue weighted by Gasteiger charge is 2.14. The van der Waals surface area contributed by atoms with Crippen LogP contribution in [0.15, 0.2) is 30.3 Å². The molecule has 1 heterocycles. The third kappa shape index (κ3) is 2.41. The van der Waals surface area contributed by atoms with Gasteiger partial charge in [-0.15, -0.1) is 11.6 Å². The average molecular weight is 323 g/mol. The Morgan fingerprint density at radius 2 is 1.90 bits per heavy atom. The zero-order valence-electron chi connectivity index (χ0n) is 11.6. The molecule has 0 unspecified atom stereocenters. The minimum Gasteiger partial charge on any atom is -0.295 e. The Morgan fingerprint density at radius 3 is 2.57 bits per heavy atom. The molecule has 0 radical (unpaired) electrons. The van der Waals surface area contributed by atoms with E-state index in [4.69, 9.17) is 23.2 Å². The van der Waals surface area contributed by atoms with E-state index in [2.05, 4.69) is 18.0 Å². The van der Waals surface area contributed by atoms with Crippen molar-refractivity contribution in [3.8, 4) is 5.69 Å². The first-order valence-corrected chi connectivity index (χ1v) is 7.42. The summed E-state index contributed by atoms with van der Waals surface area (Å²) in [6.07, 6.45) is 0. The van der Waals surface area contributed by atoms with Crippen LogP contribution in [0, 0.1) is 19.7 Å². The van der Waals surface area contributed by atoms with E-state index >= 15 is 0 Å². The zero-order valence-corrected chi connectivity index (χ0v) is 13.1. The lowest BCUT2D eigenvalue weighted by Gasteiger charge is -2.10. The third-order valence-corrected chi connectivity index (χ3v) is 4.16. The molecule has 0 saturated carbocycles. The summed E-state index contributed by atoms with van der Waals surface area (Å²) in [5.41, 5.74) is 4.62. The lowest BCUT2D eigenvalue weighted by Crippen LogP contribution is -2.00. The third-order valence-electron chi connectivity index (χ3n) is 3.63. The Balaban J connectivity index is 2.34. The molecule has 3 rings (SSSR count). The molecule has 21 heavy (non-hydrogen) atoms. The molecule has 108 valence electrons. The smallest absolute Gasteiger partial charge is 0.144 e. The van der Waals surface area contributed by atoms with Gasteiger partial charge in [0.2, 0.25) is 0 Å². The zero-order chi connectivity index (χ0) is 15.1. The van der Waals surface area contributed by atoms with Gasteiger partial charge in [-0.25, -0.2) is 9.37 Å². The molecule has 0 bridgehead atoms. The van der Waals surface area contributed by atoms with Crippen LogP contribution >= 0.6 is 23.2 Å². The topological polar surface area (TPSA) is 17.8 Å². The summed E-state index contributed by atoms with van der Waals surface area (Å²) >= 11 is 11.9. The van der Waals surface area contributed by atoms with Crippen LogP contribution in [0.25, 0.3) is 16.7 Å². The Hall–Kier alpha value is -1.58. The number of benzene rings is 2. The molecule has 0 aliphatic heterocycles. The number of aryl methyl sites for hydroxylation is 2. The molecule has 0 fully saturated rings. The number of fused-ring (bicyclic) bond motifs is 1. The predicted molar refractivity (Wildman–Crippen MR) is 85.1 cm³/mol. The van der Waals surface area contributed by atoms with E-state index in [0.717, 1.165) is 11.2 Å². The summed E-state index contributed by atoms with van der Waals surface area (Å²) in [5.74, 6) is 0.424. The van der Waals surface area contributed by atoms with E-state index in [-0.39, 0.29) is 10.9 Å². The number of halogens is 3. The van der Waals surface area contributed by atoms with Gasteiger partial charge in [0.05, 0.1) is 21.9 Å². The summed E-state index contributed by atoms with van der Waals surface area (Å²) < 4.78 is 15.5. The van der Waals surface area contributed by atoms with E-state index in [1.54, 1.807) is 6.07 Å². The first-order valence-electron chi connectivity index (χ1n) is 6.51. The number of alkyl halides is 1. The molecule has 5 heteroatoms. The van der Waals surface area contributed by atoms with Crippen LogP contribution in [0.1, 0.15) is 17.0 Å². The maximum absolute atomic E-state index is 13.6. The average Bonchev–Trinajstić information content (AvgIpc) is 2.80. The fourth-order valence-corrected chi connectivity index (χ4v) is 2.70. The highest BCUT2D eigenvalue weighted by atomic mass is 35.5. The molecule has 0 aliphatic rings. The lowest BCUT2D eigenvalue weighted by molar-refractivity contribution is 0.630. The van der Waals surface area contributed by atoms with Crippen molar-refractivity contribution in [3.63, 3.8) is 0 Å². The van der Waals surface area contributed by atoms with E-state index in [1.165, 1.54) is 17.2 Å². The lowest BCUT2D eigenvalue weighted by atomic mass is 10.1. The fourth-order valence-electron chi connectivity index (χ4n) is 2.37. The van der Waals surface area contributed by atoms with Crippen LogP contribution in [0.4, 0.5) is 4.39 Å². The molecule has 0 amide bonds. The highest BCUT2D eigenvalue weighted by molar-refractivity contribution is 6.31. The van der Waals surface area contributed by atoms with Crippen LogP contribution < -0.4 is 0 Å². The summed E-state index contributed by atoms with van der Waals surface area (Å²) in [5, 5.41) is 0.0774. The van der Waals surface area contributed by atoms with E-state index in [9.17, 15) is 4.39 Å². The Labute approximate surface area is 132 Å². The molecular weight excluding hydrogens is 310 g/mol. The van der Waals surface area contributed by atoms with Crippen molar-refractivity contribution in [2.24, 2.45) is 0 Å². The maximum Gasteiger partial charge on any atom is 0.144 e. The standard InChI is InChI=1S/C16H13Cl2FN2/c1-9-3-4-11(5-10(9)2)21-15-6-12(18)13(19)7-14(15)20-16(21)8-17/h3-7H,8H2,1-2H3. The summed E-state index contributed by atoms with van der Waals surface area (Å²) in [6.45, 7) is 4.10. The first-order chi connectivity index (χ1) is 10.0. The molecule has 3 aromatic rings. The van der Waals surface area contributed by atoms with Crippen LogP contribution in [0.5, 0.6) is 0 Å². The van der Waals surface area contributed by atoms with Crippen molar-refractivity contribution >= 4 is 34.2 Å². The van der Waals surface area contributed by atoms with Crippen LogP contribution in [0.3, 0.4) is 0 Å². The Bertz CT molecular complexity index is 840. The number of imidazole rings is 1. The van der Waals surface area contributed by atoms with Gasteiger partial charge in [-0.1, -0.05) is 17.7 Å². The minimum atomic E-state index is -0.477. The molecule has 1 aromatic heterocycles. The second kappa shape index (κ2) is 5.32. The molecule has 0 atom stereocenters. The summed E-state index contributed by atoms with van der Waals surface area (Å²) in [4.78, 5) is 4.39. The number of hydrogen-bond donors (Lipinski definition) is 0. The van der Waals surface area contributed by atoms with Crippen molar-refractivity contribution in [2.45, 2.75) is 19.7 Å². The van der Waals surface area contributed by atoms with Gasteiger partial charge in [-0.2, -0.15) is 0 Å². The van der Waals surface area contributed by atoms with Gasteiger partial charge in [-0.05, 0) is 43.2 Å². The van der Waals surface area contributed by atoms with Crippen LogP contribution in [-0.4, -0.2) is 9.55 Å². The van der Waals surface area contributed by atoms with Crippen molar-refractivity contribution < 1.29 is 4.39 Å². The number of nitrogens with zero attached hydrogens (tertiary/aromatic N) is 2. The minimum absolute atomic E-state index is 0.0774. The van der Waals surface area contributed by atoms with E-state index in [0.29, 0.717) is 11.3 Å². The normalized spacial score (nSPS) is 11.3. The molecule has 0 saturated heterocycles. The number of hydrogen-bond acceptors (Lipinski definition) is 1. The van der Waals surface area contributed by atoms with Gasteiger partial charge in [-0.3, -0.25) is 4.57 Å². The van der Waals surface area contributed by atoms with Crippen LogP contribution in [-0.2, 0) is 5.88 Å². The monoisotopic (exact) mass is 322 g/mol. The second-order valence-electron chi connectivity index (χ2n) is 5.02. The van der Waals surface area contributed by atoms with Crippen molar-refractivity contribution in [1.29, 1.82) is 0 Å². The summed E-state index contributed by atoms with van der Waals surface area (Å²) in [7, 11) is 0. The largest absolute Gasteiger partial charge is 0.295 e. The Morgan fingerprint density at radius 1 is 1.14 bits per heavy atom. The molecule has 0 aliphatic carbocycles. The molecule has 2 aromatic carbocycles. The van der Waals surface area contributed by atoms with Gasteiger partial charge in [0, 0.05) is 11.8 Å². The molecule has 0 spiro atoms. The van der Waals surface area contributed by atoms with E-state index in [1.807, 2.05) is 23.6 Å². The maximum atomic E-state index is 13.6. The fraction of sp³-hybridized carbons (Fsp3) is 0.188. The SMILES string of the molecule is Cc1ccc(-n2c(CCl)nc3cc(F)c(Cl)cc32)cc1C. The van der Waals surface area contributed by atoms with Crippen molar-refractivity contribution in [3.05, 3.63) is 58.1 Å². The van der Waals surface area contributed by atoms with Gasteiger partial charge in [0.25, 0.3) is 0 Å². The van der Waals surface area contributed by atoms with Crippen molar-refractivity contribution in [1.82, 2.24) is 9.55 Å². The number of aromatic nitrogens is 2. The van der Waals surface area contributed by atoms with Crippen molar-refractivity contribution in [2.75, 3.05) is 0 Å². The molecule has 0 N–H and O–H groups in total. The predicted octanol–water partition coefficient (Wildman–Crippen LogP) is 5.17. The van der Waals surface area contributed by atoms with Gasteiger partial charge >= 0.3 is 0 Å². The van der Waals surface area contributed by atoms with Gasteiger partial charge in [0.15, 0.2) is 0 Å². The quantitative estimate of drug-likeness (QED) is 0.595. The number of rotatable bonds is 2. The molecule has 2 nitrogen and oxygen atoms in total. The van der Waals surface area contributed by atoms with E-state index < -0.39 is 5.82 Å². The summed E-state index contributed by atoms with van der Waals surface area (Å²) in [6, 6.07) is 9.02. The molecular formula is C16H13Cl2FN2. The first kappa shape index (κ1) is 14.4. The van der Waals surface area contributed by atoms with Crippen LogP contribution in [0.2, 0.25) is 5.02 Å². The second-order valence-corrected chi connectivity index (χ2v) is 5.70. The highest BCUT2D eigenvalue weighted by Crippen LogP contribution is 2.28. The van der Waals surface area contributed by atoms with Gasteiger partial charge in [0.1, 0.15) is 11.6 Å². The van der Waals surface area contributed by atoms with Gasteiger partial charge < -0.3 is 0 Å².